The Hall–Kier alpha value is -1.19. The third-order valence-electron chi connectivity index (χ3n) is 2.20. The van der Waals surface area contributed by atoms with Crippen LogP contribution in [-0.4, -0.2) is 48.2 Å². The van der Waals surface area contributed by atoms with Gasteiger partial charge in [-0.05, 0) is 0 Å². The van der Waals surface area contributed by atoms with E-state index in [0.29, 0.717) is 11.8 Å². The monoisotopic (exact) mass is 307 g/mol. The fraction of sp³-hybridized carbons (Fsp3) is 0.556. The number of hydrogen-bond donors (Lipinski definition) is 0. The van der Waals surface area contributed by atoms with Gasteiger partial charge in [0.05, 0.1) is 5.03 Å². The van der Waals surface area contributed by atoms with Gasteiger partial charge in [0.1, 0.15) is 5.57 Å². The molecule has 0 radical (unpaired) electrons. The standard InChI is InChI=1S/C9H7F6NO2S/c1-16-2-3-19-7(16)4(5(17)8(10,11)12)6(18)9(13,14)15/h2-3H2,1H3. The molecule has 0 aromatic carbocycles. The third kappa shape index (κ3) is 3.43. The van der Waals surface area contributed by atoms with Gasteiger partial charge in [-0.2, -0.15) is 26.3 Å². The summed E-state index contributed by atoms with van der Waals surface area (Å²) in [6.45, 7) is 0.153. The van der Waals surface area contributed by atoms with Gasteiger partial charge >= 0.3 is 12.4 Å². The molecule has 1 fully saturated rings. The summed E-state index contributed by atoms with van der Waals surface area (Å²) in [7, 11) is 1.21. The molecule has 0 spiro atoms. The smallest absolute Gasteiger partial charge is 0.368 e. The van der Waals surface area contributed by atoms with Crippen LogP contribution in [0.3, 0.4) is 0 Å². The van der Waals surface area contributed by atoms with Crippen LogP contribution in [0.1, 0.15) is 0 Å². The zero-order valence-corrected chi connectivity index (χ0v) is 10.2. The molecule has 0 saturated carbocycles. The maximum absolute atomic E-state index is 12.3. The number of Topliss-reactive ketones (excluding diaryl/α,β-unsaturated/α-hetero) is 2. The number of hydrogen-bond acceptors (Lipinski definition) is 4. The summed E-state index contributed by atoms with van der Waals surface area (Å²) in [4.78, 5) is 23.1. The van der Waals surface area contributed by atoms with Crippen LogP contribution in [0.4, 0.5) is 26.3 Å². The van der Waals surface area contributed by atoms with Crippen molar-refractivity contribution in [3.63, 3.8) is 0 Å². The van der Waals surface area contributed by atoms with Gasteiger partial charge in [-0.25, -0.2) is 0 Å². The normalized spacial score (nSPS) is 16.8. The molecule has 0 amide bonds. The first-order valence-electron chi connectivity index (χ1n) is 4.77. The van der Waals surface area contributed by atoms with Crippen LogP contribution >= 0.6 is 11.8 Å². The van der Waals surface area contributed by atoms with E-state index in [1.54, 1.807) is 0 Å². The van der Waals surface area contributed by atoms with Crippen LogP contribution in [0.5, 0.6) is 0 Å². The van der Waals surface area contributed by atoms with E-state index in [4.69, 9.17) is 0 Å². The minimum Gasteiger partial charge on any atom is -0.368 e. The van der Waals surface area contributed by atoms with E-state index in [-0.39, 0.29) is 12.3 Å². The lowest BCUT2D eigenvalue weighted by Gasteiger charge is -2.17. The lowest BCUT2D eigenvalue weighted by Crippen LogP contribution is -2.36. The van der Waals surface area contributed by atoms with Crippen LogP contribution in [0, 0.1) is 0 Å². The highest BCUT2D eigenvalue weighted by molar-refractivity contribution is 8.03. The van der Waals surface area contributed by atoms with Gasteiger partial charge in [0.25, 0.3) is 11.6 Å². The number of carbonyl (C=O) groups excluding carboxylic acids is 2. The second-order valence-electron chi connectivity index (χ2n) is 3.60. The Balaban J connectivity index is 3.36. The predicted octanol–water partition coefficient (Wildman–Crippen LogP) is 2.14. The van der Waals surface area contributed by atoms with Crippen molar-refractivity contribution in [1.82, 2.24) is 4.90 Å². The summed E-state index contributed by atoms with van der Waals surface area (Å²) in [6, 6.07) is 0. The van der Waals surface area contributed by atoms with E-state index in [2.05, 4.69) is 0 Å². The number of allylic oxidation sites excluding steroid dienone is 1. The molecule has 0 N–H and O–H groups in total. The molecule has 3 nitrogen and oxygen atoms in total. The number of nitrogens with zero attached hydrogens (tertiary/aromatic N) is 1. The van der Waals surface area contributed by atoms with Crippen LogP contribution in [0.25, 0.3) is 0 Å². The van der Waals surface area contributed by atoms with Crippen molar-refractivity contribution in [1.29, 1.82) is 0 Å². The van der Waals surface area contributed by atoms with Gasteiger partial charge in [-0.3, -0.25) is 9.59 Å². The first-order chi connectivity index (χ1) is 8.46. The summed E-state index contributed by atoms with van der Waals surface area (Å²) in [5.41, 5.74) is -1.86. The fourth-order valence-electron chi connectivity index (χ4n) is 1.33. The molecule has 0 atom stereocenters. The Morgan fingerprint density at radius 3 is 1.74 bits per heavy atom. The highest BCUT2D eigenvalue weighted by Crippen LogP contribution is 2.36. The number of thioether (sulfide) groups is 1. The third-order valence-corrected chi connectivity index (χ3v) is 3.37. The van der Waals surface area contributed by atoms with Crippen molar-refractivity contribution in [3.05, 3.63) is 10.6 Å². The first kappa shape index (κ1) is 15.9. The van der Waals surface area contributed by atoms with Crippen molar-refractivity contribution in [2.45, 2.75) is 12.4 Å². The number of carbonyl (C=O) groups is 2. The quantitative estimate of drug-likeness (QED) is 0.339. The molecule has 1 heterocycles. The Morgan fingerprint density at radius 1 is 1.05 bits per heavy atom. The SMILES string of the molecule is CN1CCSC1=C(C(=O)C(F)(F)F)C(=O)C(F)(F)F. The molecule has 1 aliphatic heterocycles. The van der Waals surface area contributed by atoms with Gasteiger partial charge in [-0.15, -0.1) is 11.8 Å². The largest absolute Gasteiger partial charge is 0.455 e. The van der Waals surface area contributed by atoms with Gasteiger partial charge in [-0.1, -0.05) is 0 Å². The van der Waals surface area contributed by atoms with Crippen molar-refractivity contribution >= 4 is 23.3 Å². The minimum absolute atomic E-state index is 0.153. The van der Waals surface area contributed by atoms with E-state index < -0.39 is 34.5 Å². The highest BCUT2D eigenvalue weighted by Gasteiger charge is 2.52. The molecule has 0 aliphatic carbocycles. The molecule has 0 aromatic rings. The second-order valence-corrected chi connectivity index (χ2v) is 4.69. The molecule has 1 saturated heterocycles. The molecule has 19 heavy (non-hydrogen) atoms. The van der Waals surface area contributed by atoms with E-state index in [1.165, 1.54) is 7.05 Å². The molecule has 0 unspecified atom stereocenters. The number of rotatable bonds is 2. The molecular formula is C9H7F6NO2S. The molecule has 1 aliphatic rings. The van der Waals surface area contributed by atoms with E-state index in [1.807, 2.05) is 0 Å². The van der Waals surface area contributed by atoms with E-state index >= 15 is 0 Å². The van der Waals surface area contributed by atoms with Gasteiger partial charge in [0.2, 0.25) is 0 Å². The number of halogens is 6. The topological polar surface area (TPSA) is 37.4 Å². The average molecular weight is 307 g/mol. The summed E-state index contributed by atoms with van der Waals surface area (Å²) >= 11 is 0.611. The fourth-order valence-corrected chi connectivity index (χ4v) is 2.53. The summed E-state index contributed by atoms with van der Waals surface area (Å²) < 4.78 is 73.8. The van der Waals surface area contributed by atoms with Crippen LogP contribution < -0.4 is 0 Å². The molecule has 1 rings (SSSR count). The van der Waals surface area contributed by atoms with Crippen LogP contribution in [0.15, 0.2) is 10.6 Å². The maximum atomic E-state index is 12.3. The van der Waals surface area contributed by atoms with Crippen molar-refractivity contribution in [3.8, 4) is 0 Å². The maximum Gasteiger partial charge on any atom is 0.455 e. The summed E-state index contributed by atoms with van der Waals surface area (Å²) in [5.74, 6) is -5.34. The summed E-state index contributed by atoms with van der Waals surface area (Å²) in [6.07, 6.45) is -11.1. The highest BCUT2D eigenvalue weighted by atomic mass is 32.2. The molecular weight excluding hydrogens is 300 g/mol. The second kappa shape index (κ2) is 5.06. The van der Waals surface area contributed by atoms with Gasteiger partial charge < -0.3 is 4.90 Å². The van der Waals surface area contributed by atoms with E-state index in [9.17, 15) is 35.9 Å². The van der Waals surface area contributed by atoms with Crippen molar-refractivity contribution < 1.29 is 35.9 Å². The predicted molar refractivity (Wildman–Crippen MR) is 54.2 cm³/mol. The zero-order chi connectivity index (χ0) is 15.0. The lowest BCUT2D eigenvalue weighted by molar-refractivity contribution is -0.175. The lowest BCUT2D eigenvalue weighted by atomic mass is 10.1. The van der Waals surface area contributed by atoms with E-state index in [0.717, 1.165) is 4.90 Å². The Bertz CT molecular complexity index is 411. The minimum atomic E-state index is -5.53. The van der Waals surface area contributed by atoms with Gasteiger partial charge in [0.15, 0.2) is 0 Å². The van der Waals surface area contributed by atoms with Crippen molar-refractivity contribution in [2.75, 3.05) is 19.3 Å². The zero-order valence-electron chi connectivity index (χ0n) is 9.35. The number of alkyl halides is 6. The summed E-state index contributed by atoms with van der Waals surface area (Å²) in [5, 5.41) is -0.593. The molecule has 0 aromatic heterocycles. The molecule has 0 bridgehead atoms. The first-order valence-corrected chi connectivity index (χ1v) is 5.76. The molecule has 108 valence electrons. The Kier molecular flexibility index (Phi) is 4.23. The Labute approximate surface area is 107 Å². The molecule has 10 heteroatoms. The van der Waals surface area contributed by atoms with Crippen molar-refractivity contribution in [2.24, 2.45) is 0 Å². The average Bonchev–Trinajstić information content (AvgIpc) is 2.62. The van der Waals surface area contributed by atoms with Gasteiger partial charge in [0, 0.05) is 19.3 Å². The number of ketones is 2. The van der Waals surface area contributed by atoms with Crippen LogP contribution in [0.2, 0.25) is 0 Å². The Morgan fingerprint density at radius 2 is 1.47 bits per heavy atom. The van der Waals surface area contributed by atoms with Crippen LogP contribution in [-0.2, 0) is 9.59 Å².